The molecule has 0 bridgehead atoms. The van der Waals surface area contributed by atoms with Crippen molar-refractivity contribution >= 4 is 0 Å². The fraction of sp³-hybridized carbons (Fsp3) is 0.923. The molecular weight excluding hydrogens is 198 g/mol. The maximum absolute atomic E-state index is 8.89. The monoisotopic (exact) mass is 223 g/mol. The molecule has 16 heavy (non-hydrogen) atoms. The van der Waals surface area contributed by atoms with Crippen LogP contribution in [0.25, 0.3) is 0 Å². The van der Waals surface area contributed by atoms with Crippen molar-refractivity contribution in [3.63, 3.8) is 0 Å². The summed E-state index contributed by atoms with van der Waals surface area (Å²) in [5.41, 5.74) is 0. The second-order valence-electron chi connectivity index (χ2n) is 4.68. The molecule has 1 aliphatic carbocycles. The summed E-state index contributed by atoms with van der Waals surface area (Å²) < 4.78 is 0. The maximum atomic E-state index is 8.89. The molecule has 1 fully saturated rings. The van der Waals surface area contributed by atoms with Gasteiger partial charge >= 0.3 is 0 Å². The van der Waals surface area contributed by atoms with Crippen molar-refractivity contribution in [3.05, 3.63) is 0 Å². The fourth-order valence-corrected chi connectivity index (χ4v) is 2.61. The minimum Gasteiger partial charge on any atom is -0.305 e. The molecule has 0 saturated heterocycles. The Bertz CT molecular complexity index is 216. The highest BCUT2D eigenvalue weighted by Gasteiger charge is 2.20. The van der Waals surface area contributed by atoms with Crippen molar-refractivity contribution < 1.29 is 0 Å². The molecule has 1 aliphatic rings. The zero-order chi connectivity index (χ0) is 11.8. The van der Waals surface area contributed by atoms with Crippen LogP contribution in [0.5, 0.6) is 0 Å². The summed E-state index contributed by atoms with van der Waals surface area (Å²) in [7, 11) is 1.87. The van der Waals surface area contributed by atoms with E-state index in [1.54, 1.807) is 0 Å². The van der Waals surface area contributed by atoms with Crippen LogP contribution in [0.1, 0.15) is 45.4 Å². The minimum atomic E-state index is 0.0117. The van der Waals surface area contributed by atoms with Gasteiger partial charge in [0.2, 0.25) is 0 Å². The van der Waals surface area contributed by atoms with Crippen LogP contribution in [0.4, 0.5) is 0 Å². The second-order valence-corrected chi connectivity index (χ2v) is 4.68. The predicted octanol–water partition coefficient (Wildman–Crippen LogP) is 2.14. The molecule has 0 aliphatic heterocycles. The molecule has 1 rings (SSSR count). The van der Waals surface area contributed by atoms with Crippen molar-refractivity contribution in [1.82, 2.24) is 10.2 Å². The summed E-state index contributed by atoms with van der Waals surface area (Å²) in [4.78, 5) is 2.56. The third-order valence-electron chi connectivity index (χ3n) is 3.71. The lowest BCUT2D eigenvalue weighted by molar-refractivity contribution is 0.159. The van der Waals surface area contributed by atoms with Crippen molar-refractivity contribution in [2.24, 2.45) is 0 Å². The SMILES string of the molecule is CCN(CCC(C#N)NC)C1CCCCC1. The van der Waals surface area contributed by atoms with E-state index in [2.05, 4.69) is 23.2 Å². The average molecular weight is 223 g/mol. The summed E-state index contributed by atoms with van der Waals surface area (Å²) in [5.74, 6) is 0. The van der Waals surface area contributed by atoms with Gasteiger partial charge < -0.3 is 10.2 Å². The molecule has 0 amide bonds. The van der Waals surface area contributed by atoms with E-state index in [0.717, 1.165) is 25.6 Å². The van der Waals surface area contributed by atoms with Gasteiger partial charge in [-0.25, -0.2) is 0 Å². The molecular formula is C13H25N3. The second kappa shape index (κ2) is 7.65. The largest absolute Gasteiger partial charge is 0.305 e. The molecule has 0 aromatic heterocycles. The Labute approximate surface area is 99.8 Å². The highest BCUT2D eigenvalue weighted by molar-refractivity contribution is 4.89. The zero-order valence-corrected chi connectivity index (χ0v) is 10.7. The summed E-state index contributed by atoms with van der Waals surface area (Å²) in [6.07, 6.45) is 7.82. The maximum Gasteiger partial charge on any atom is 0.0962 e. The van der Waals surface area contributed by atoms with Crippen molar-refractivity contribution in [3.8, 4) is 6.07 Å². The molecule has 3 heteroatoms. The number of nitriles is 1. The molecule has 0 radical (unpaired) electrons. The van der Waals surface area contributed by atoms with Crippen LogP contribution in [0, 0.1) is 11.3 Å². The van der Waals surface area contributed by atoms with Gasteiger partial charge in [0.05, 0.1) is 12.1 Å². The lowest BCUT2D eigenvalue weighted by atomic mass is 9.94. The average Bonchev–Trinajstić information content (AvgIpc) is 2.36. The van der Waals surface area contributed by atoms with E-state index in [-0.39, 0.29) is 6.04 Å². The summed E-state index contributed by atoms with van der Waals surface area (Å²) in [5, 5.41) is 11.9. The quantitative estimate of drug-likeness (QED) is 0.750. The molecule has 0 aromatic rings. The van der Waals surface area contributed by atoms with Crippen LogP contribution in [-0.2, 0) is 0 Å². The lowest BCUT2D eigenvalue weighted by Crippen LogP contribution is -2.39. The summed E-state index contributed by atoms with van der Waals surface area (Å²) in [6.45, 7) is 4.40. The first kappa shape index (κ1) is 13.5. The van der Waals surface area contributed by atoms with Crippen LogP contribution in [0.15, 0.2) is 0 Å². The van der Waals surface area contributed by atoms with Gasteiger partial charge in [-0.3, -0.25) is 0 Å². The first-order valence-corrected chi connectivity index (χ1v) is 6.62. The van der Waals surface area contributed by atoms with Crippen LogP contribution in [0.2, 0.25) is 0 Å². The van der Waals surface area contributed by atoms with Crippen molar-refractivity contribution in [2.45, 2.75) is 57.5 Å². The molecule has 1 N–H and O–H groups in total. The van der Waals surface area contributed by atoms with Gasteiger partial charge in [0, 0.05) is 12.6 Å². The van der Waals surface area contributed by atoms with E-state index >= 15 is 0 Å². The summed E-state index contributed by atoms with van der Waals surface area (Å²) >= 11 is 0. The molecule has 0 spiro atoms. The zero-order valence-electron chi connectivity index (χ0n) is 10.7. The van der Waals surface area contributed by atoms with Gasteiger partial charge in [-0.05, 0) is 32.9 Å². The van der Waals surface area contributed by atoms with Crippen molar-refractivity contribution in [2.75, 3.05) is 20.1 Å². The van der Waals surface area contributed by atoms with E-state index in [1.165, 1.54) is 32.1 Å². The van der Waals surface area contributed by atoms with E-state index in [0.29, 0.717) is 0 Å². The molecule has 0 heterocycles. The normalized spacial score (nSPS) is 19.6. The van der Waals surface area contributed by atoms with E-state index < -0.39 is 0 Å². The van der Waals surface area contributed by atoms with E-state index in [4.69, 9.17) is 5.26 Å². The standard InChI is InChI=1S/C13H25N3/c1-3-16(10-9-12(11-14)15-2)13-7-5-4-6-8-13/h12-13,15H,3-10H2,1-2H3. The highest BCUT2D eigenvalue weighted by Crippen LogP contribution is 2.22. The van der Waals surface area contributed by atoms with E-state index in [1.807, 2.05) is 7.05 Å². The highest BCUT2D eigenvalue weighted by atomic mass is 15.1. The van der Waals surface area contributed by atoms with Gasteiger partial charge in [0.25, 0.3) is 0 Å². The van der Waals surface area contributed by atoms with Crippen LogP contribution in [-0.4, -0.2) is 37.1 Å². The Balaban J connectivity index is 2.33. The molecule has 1 atom stereocenters. The van der Waals surface area contributed by atoms with Crippen LogP contribution < -0.4 is 5.32 Å². The molecule has 92 valence electrons. The minimum absolute atomic E-state index is 0.0117. The Kier molecular flexibility index (Phi) is 6.44. The van der Waals surface area contributed by atoms with Gasteiger partial charge in [0.15, 0.2) is 0 Å². The number of rotatable bonds is 6. The Morgan fingerprint density at radius 2 is 2.06 bits per heavy atom. The van der Waals surface area contributed by atoms with Gasteiger partial charge in [-0.1, -0.05) is 26.2 Å². The summed E-state index contributed by atoms with van der Waals surface area (Å²) in [6, 6.07) is 3.08. The number of nitrogens with one attached hydrogen (secondary N) is 1. The Hall–Kier alpha value is -0.590. The third-order valence-corrected chi connectivity index (χ3v) is 3.71. The first-order valence-electron chi connectivity index (χ1n) is 6.62. The Morgan fingerprint density at radius 3 is 2.56 bits per heavy atom. The topological polar surface area (TPSA) is 39.1 Å². The number of hydrogen-bond acceptors (Lipinski definition) is 3. The molecule has 3 nitrogen and oxygen atoms in total. The lowest BCUT2D eigenvalue weighted by Gasteiger charge is -2.33. The van der Waals surface area contributed by atoms with Crippen molar-refractivity contribution in [1.29, 1.82) is 5.26 Å². The molecule has 0 aromatic carbocycles. The van der Waals surface area contributed by atoms with Gasteiger partial charge in [0.1, 0.15) is 0 Å². The fourth-order valence-electron chi connectivity index (χ4n) is 2.61. The van der Waals surface area contributed by atoms with E-state index in [9.17, 15) is 0 Å². The number of nitrogens with zero attached hydrogens (tertiary/aromatic N) is 2. The smallest absolute Gasteiger partial charge is 0.0962 e. The van der Waals surface area contributed by atoms with Crippen LogP contribution in [0.3, 0.4) is 0 Å². The Morgan fingerprint density at radius 1 is 1.38 bits per heavy atom. The van der Waals surface area contributed by atoms with Gasteiger partial charge in [-0.2, -0.15) is 5.26 Å². The molecule has 1 saturated carbocycles. The van der Waals surface area contributed by atoms with Gasteiger partial charge in [-0.15, -0.1) is 0 Å². The number of hydrogen-bond donors (Lipinski definition) is 1. The first-order chi connectivity index (χ1) is 7.81. The third kappa shape index (κ3) is 4.11. The van der Waals surface area contributed by atoms with Crippen LogP contribution >= 0.6 is 0 Å². The predicted molar refractivity (Wildman–Crippen MR) is 67.2 cm³/mol. The molecule has 1 unspecified atom stereocenters.